The average molecular weight is 294 g/mol. The lowest BCUT2D eigenvalue weighted by atomic mass is 10.1. The summed E-state index contributed by atoms with van der Waals surface area (Å²) in [4.78, 5) is 23.5. The second-order valence-electron chi connectivity index (χ2n) is 4.53. The third-order valence-corrected chi connectivity index (χ3v) is 3.00. The number of amides is 3. The van der Waals surface area contributed by atoms with E-state index in [9.17, 15) is 9.59 Å². The number of hydrogen-bond acceptors (Lipinski definition) is 3. The number of carbonyl (C=O) groups is 2. The van der Waals surface area contributed by atoms with E-state index in [0.717, 1.165) is 18.5 Å². The average Bonchev–Trinajstić information content (AvgIpc) is 2.51. The Balaban J connectivity index is 2.62. The second-order valence-corrected chi connectivity index (χ2v) is 4.53. The number of urea groups is 1. The zero-order valence-electron chi connectivity index (χ0n) is 12.6. The molecular formula is C15H24N3O3+. The maximum absolute atomic E-state index is 12.2. The highest BCUT2D eigenvalue weighted by Gasteiger charge is 2.24. The lowest BCUT2D eigenvalue weighted by Crippen LogP contribution is -2.88. The molecule has 0 aliphatic heterocycles. The maximum atomic E-state index is 12.2. The fraction of sp³-hybridized carbons (Fsp3) is 0.467. The molecule has 0 bridgehead atoms. The normalized spacial score (nSPS) is 11.7. The van der Waals surface area contributed by atoms with E-state index in [1.165, 1.54) is 7.05 Å². The molecule has 1 aromatic carbocycles. The lowest BCUT2D eigenvalue weighted by molar-refractivity contribution is -0.683. The molecule has 0 heterocycles. The monoisotopic (exact) mass is 294 g/mol. The van der Waals surface area contributed by atoms with Crippen LogP contribution in [0.5, 0.6) is 0 Å². The first-order chi connectivity index (χ1) is 10.2. The second kappa shape index (κ2) is 9.90. The van der Waals surface area contributed by atoms with Gasteiger partial charge in [0.1, 0.15) is 0 Å². The predicted octanol–water partition coefficient (Wildman–Crippen LogP) is 0.173. The van der Waals surface area contributed by atoms with Gasteiger partial charge in [0.05, 0.1) is 13.2 Å². The topological polar surface area (TPSA) is 84.0 Å². The number of imide groups is 1. The number of nitrogens with one attached hydrogen (secondary N) is 2. The summed E-state index contributed by atoms with van der Waals surface area (Å²) in [6.07, 6.45) is 0.852. The molecule has 0 spiro atoms. The van der Waals surface area contributed by atoms with Crippen LogP contribution in [0.2, 0.25) is 0 Å². The van der Waals surface area contributed by atoms with Crippen LogP contribution in [0.1, 0.15) is 24.9 Å². The third-order valence-electron chi connectivity index (χ3n) is 3.00. The number of rotatable bonds is 8. The maximum Gasteiger partial charge on any atom is 0.321 e. The molecule has 3 amide bonds. The van der Waals surface area contributed by atoms with Crippen molar-refractivity contribution in [3.8, 4) is 0 Å². The molecule has 0 saturated carbocycles. The Labute approximate surface area is 125 Å². The van der Waals surface area contributed by atoms with E-state index in [1.54, 1.807) is 0 Å². The minimum absolute atomic E-state index is 0.322. The largest absolute Gasteiger partial charge is 0.382 e. The molecule has 1 aromatic rings. The van der Waals surface area contributed by atoms with E-state index >= 15 is 0 Å². The molecule has 4 N–H and O–H groups in total. The molecule has 0 aliphatic carbocycles. The summed E-state index contributed by atoms with van der Waals surface area (Å²) in [5.41, 5.74) is 0.871. The third kappa shape index (κ3) is 6.37. The van der Waals surface area contributed by atoms with Gasteiger partial charge in [-0.3, -0.25) is 10.1 Å². The van der Waals surface area contributed by atoms with Crippen molar-refractivity contribution in [1.29, 1.82) is 0 Å². The van der Waals surface area contributed by atoms with Gasteiger partial charge in [-0.1, -0.05) is 30.3 Å². The number of nitrogens with two attached hydrogens (primary N) is 1. The van der Waals surface area contributed by atoms with Gasteiger partial charge in [0.25, 0.3) is 5.91 Å². The van der Waals surface area contributed by atoms with Gasteiger partial charge < -0.3 is 15.4 Å². The van der Waals surface area contributed by atoms with Crippen LogP contribution in [-0.2, 0) is 9.53 Å². The summed E-state index contributed by atoms with van der Waals surface area (Å²) in [6, 6.07) is 8.48. The van der Waals surface area contributed by atoms with Crippen molar-refractivity contribution in [2.75, 3.05) is 26.8 Å². The summed E-state index contributed by atoms with van der Waals surface area (Å²) in [5, 5.41) is 6.63. The lowest BCUT2D eigenvalue weighted by Gasteiger charge is -2.15. The highest BCUT2D eigenvalue weighted by atomic mass is 16.5. The minimum atomic E-state index is -0.497. The molecule has 1 rings (SSSR count). The van der Waals surface area contributed by atoms with Crippen molar-refractivity contribution in [1.82, 2.24) is 10.6 Å². The number of carbonyl (C=O) groups excluding carboxylic acids is 2. The van der Waals surface area contributed by atoms with Gasteiger partial charge in [0.15, 0.2) is 6.04 Å². The van der Waals surface area contributed by atoms with Crippen molar-refractivity contribution in [2.45, 2.75) is 19.4 Å². The van der Waals surface area contributed by atoms with Crippen LogP contribution in [0, 0.1) is 0 Å². The predicted molar refractivity (Wildman–Crippen MR) is 79.7 cm³/mol. The highest BCUT2D eigenvalue weighted by molar-refractivity contribution is 5.96. The van der Waals surface area contributed by atoms with E-state index in [4.69, 9.17) is 4.74 Å². The Morgan fingerprint density at radius 2 is 2.00 bits per heavy atom. The molecule has 6 heteroatoms. The first kappa shape index (κ1) is 17.1. The van der Waals surface area contributed by atoms with Gasteiger partial charge in [0, 0.05) is 25.6 Å². The zero-order chi connectivity index (χ0) is 15.5. The van der Waals surface area contributed by atoms with Crippen LogP contribution in [0.4, 0.5) is 4.79 Å². The van der Waals surface area contributed by atoms with Crippen LogP contribution >= 0.6 is 0 Å². The number of benzene rings is 1. The smallest absolute Gasteiger partial charge is 0.321 e. The summed E-state index contributed by atoms with van der Waals surface area (Å²) in [6.45, 7) is 4.07. The zero-order valence-corrected chi connectivity index (χ0v) is 12.6. The molecule has 0 aromatic heterocycles. The summed E-state index contributed by atoms with van der Waals surface area (Å²) < 4.78 is 5.28. The van der Waals surface area contributed by atoms with Gasteiger partial charge in [-0.25, -0.2) is 4.79 Å². The SMILES string of the molecule is CCOCCC[NH2+][C@H](C(=O)NC(=O)NC)c1ccccc1. The molecule has 0 aliphatic rings. The molecule has 0 unspecified atom stereocenters. The van der Waals surface area contributed by atoms with E-state index in [-0.39, 0.29) is 5.91 Å². The van der Waals surface area contributed by atoms with Crippen molar-refractivity contribution in [3.63, 3.8) is 0 Å². The fourth-order valence-corrected chi connectivity index (χ4v) is 1.92. The summed E-state index contributed by atoms with van der Waals surface area (Å²) in [7, 11) is 1.48. The van der Waals surface area contributed by atoms with Crippen LogP contribution in [0.25, 0.3) is 0 Å². The van der Waals surface area contributed by atoms with Gasteiger partial charge >= 0.3 is 6.03 Å². The number of hydrogen-bond donors (Lipinski definition) is 3. The van der Waals surface area contributed by atoms with E-state index in [0.29, 0.717) is 13.2 Å². The minimum Gasteiger partial charge on any atom is -0.382 e. The molecule has 21 heavy (non-hydrogen) atoms. The number of ether oxygens (including phenoxy) is 1. The van der Waals surface area contributed by atoms with Crippen LogP contribution in [0.3, 0.4) is 0 Å². The molecule has 1 atom stereocenters. The van der Waals surface area contributed by atoms with E-state index in [2.05, 4.69) is 10.6 Å². The standard InChI is InChI=1S/C15H23N3O3/c1-3-21-11-7-10-17-13(12-8-5-4-6-9-12)14(19)18-15(20)16-2/h4-6,8-9,13,17H,3,7,10-11H2,1-2H3,(H2,16,18,19,20)/p+1/t13-/m0/s1. The quantitative estimate of drug-likeness (QED) is 0.598. The van der Waals surface area contributed by atoms with E-state index < -0.39 is 12.1 Å². The molecule has 0 radical (unpaired) electrons. The molecular weight excluding hydrogens is 270 g/mol. The fourth-order valence-electron chi connectivity index (χ4n) is 1.92. The number of quaternary nitrogens is 1. The van der Waals surface area contributed by atoms with Crippen molar-refractivity contribution in [3.05, 3.63) is 35.9 Å². The molecule has 116 valence electrons. The van der Waals surface area contributed by atoms with Gasteiger partial charge in [-0.15, -0.1) is 0 Å². The van der Waals surface area contributed by atoms with Crippen molar-refractivity contribution < 1.29 is 19.6 Å². The summed E-state index contributed by atoms with van der Waals surface area (Å²) in [5.74, 6) is -0.322. The van der Waals surface area contributed by atoms with Crippen LogP contribution in [0.15, 0.2) is 30.3 Å². The van der Waals surface area contributed by atoms with E-state index in [1.807, 2.05) is 42.6 Å². The first-order valence-electron chi connectivity index (χ1n) is 7.17. The van der Waals surface area contributed by atoms with Gasteiger partial charge in [-0.2, -0.15) is 0 Å². The Hall–Kier alpha value is -1.92. The van der Waals surface area contributed by atoms with Gasteiger partial charge in [-0.05, 0) is 6.92 Å². The Morgan fingerprint density at radius 1 is 1.29 bits per heavy atom. The molecule has 6 nitrogen and oxygen atoms in total. The van der Waals surface area contributed by atoms with Crippen molar-refractivity contribution in [2.24, 2.45) is 0 Å². The molecule has 0 fully saturated rings. The Kier molecular flexibility index (Phi) is 8.08. The van der Waals surface area contributed by atoms with Crippen LogP contribution < -0.4 is 16.0 Å². The van der Waals surface area contributed by atoms with Gasteiger partial charge in [0.2, 0.25) is 0 Å². The van der Waals surface area contributed by atoms with Crippen LogP contribution in [-0.4, -0.2) is 38.7 Å². The summed E-state index contributed by atoms with van der Waals surface area (Å²) >= 11 is 0. The Morgan fingerprint density at radius 3 is 2.62 bits per heavy atom. The highest BCUT2D eigenvalue weighted by Crippen LogP contribution is 2.08. The first-order valence-corrected chi connectivity index (χ1v) is 7.17. The Bertz CT molecular complexity index is 437. The van der Waals surface area contributed by atoms with Crippen molar-refractivity contribution >= 4 is 11.9 Å². The molecule has 0 saturated heterocycles.